The lowest BCUT2D eigenvalue weighted by molar-refractivity contribution is 0.0674. The number of piperazine rings is 1. The van der Waals surface area contributed by atoms with Crippen LogP contribution in [0.3, 0.4) is 0 Å². The van der Waals surface area contributed by atoms with E-state index in [2.05, 4.69) is 65.2 Å². The lowest BCUT2D eigenvalue weighted by Gasteiger charge is -2.42. The van der Waals surface area contributed by atoms with Crippen molar-refractivity contribution < 1.29 is 0 Å². The molecule has 2 heteroatoms. The van der Waals surface area contributed by atoms with E-state index >= 15 is 0 Å². The Morgan fingerprint density at radius 2 is 1.15 bits per heavy atom. The van der Waals surface area contributed by atoms with Gasteiger partial charge in [-0.15, -0.1) is 0 Å². The average molecular weight is 283 g/mol. The van der Waals surface area contributed by atoms with Gasteiger partial charge in [0.2, 0.25) is 0 Å². The predicted molar refractivity (Wildman–Crippen MR) is 90.2 cm³/mol. The van der Waals surface area contributed by atoms with Crippen LogP contribution in [0.4, 0.5) is 0 Å². The van der Waals surface area contributed by atoms with Crippen molar-refractivity contribution in [2.24, 2.45) is 16.2 Å². The second-order valence-corrected chi connectivity index (χ2v) is 9.56. The quantitative estimate of drug-likeness (QED) is 0.765. The van der Waals surface area contributed by atoms with Crippen LogP contribution in [0.15, 0.2) is 0 Å². The summed E-state index contributed by atoms with van der Waals surface area (Å²) >= 11 is 0. The molecule has 0 amide bonds. The Balaban J connectivity index is 2.33. The molecule has 0 aromatic carbocycles. The lowest BCUT2D eigenvalue weighted by atomic mass is 9.67. The topological polar surface area (TPSA) is 6.48 Å². The summed E-state index contributed by atoms with van der Waals surface area (Å²) in [5.41, 5.74) is 1.23. The first-order valence-corrected chi connectivity index (χ1v) is 8.35. The highest BCUT2D eigenvalue weighted by molar-refractivity contribution is 4.84. The standard InChI is InChI=1S/C18H38N2/c1-16(2,3)15-20-13-11-19(12-14-20)10-9-18(7,8)17(4,5)6/h9-15H2,1-8H3. The van der Waals surface area contributed by atoms with Gasteiger partial charge in [0.05, 0.1) is 0 Å². The van der Waals surface area contributed by atoms with Crippen molar-refractivity contribution in [3.63, 3.8) is 0 Å². The van der Waals surface area contributed by atoms with E-state index in [-0.39, 0.29) is 0 Å². The van der Waals surface area contributed by atoms with Crippen LogP contribution in [-0.2, 0) is 0 Å². The molecular formula is C18H38N2. The van der Waals surface area contributed by atoms with Gasteiger partial charge in [0.15, 0.2) is 0 Å². The molecular weight excluding hydrogens is 244 g/mol. The highest BCUT2D eigenvalue weighted by Gasteiger charge is 2.33. The van der Waals surface area contributed by atoms with Crippen LogP contribution in [0, 0.1) is 16.2 Å². The molecule has 0 radical (unpaired) electrons. The Hall–Kier alpha value is -0.0800. The summed E-state index contributed by atoms with van der Waals surface area (Å²) in [6, 6.07) is 0. The van der Waals surface area contributed by atoms with E-state index in [1.54, 1.807) is 0 Å². The van der Waals surface area contributed by atoms with Gasteiger partial charge in [0.1, 0.15) is 0 Å². The summed E-state index contributed by atoms with van der Waals surface area (Å²) in [6.45, 7) is 26.4. The van der Waals surface area contributed by atoms with Crippen LogP contribution in [0.25, 0.3) is 0 Å². The van der Waals surface area contributed by atoms with Crippen molar-refractivity contribution in [2.45, 2.75) is 61.8 Å². The Labute approximate surface area is 127 Å². The summed E-state index contributed by atoms with van der Waals surface area (Å²) in [5, 5.41) is 0. The van der Waals surface area contributed by atoms with Crippen LogP contribution >= 0.6 is 0 Å². The molecule has 20 heavy (non-hydrogen) atoms. The number of hydrogen-bond donors (Lipinski definition) is 0. The third-order valence-electron chi connectivity index (χ3n) is 5.25. The zero-order valence-electron chi connectivity index (χ0n) is 15.3. The molecule has 1 fully saturated rings. The maximum absolute atomic E-state index is 2.66. The normalized spacial score (nSPS) is 20.4. The Kier molecular flexibility index (Phi) is 5.71. The maximum Gasteiger partial charge on any atom is 0.0110 e. The van der Waals surface area contributed by atoms with Crippen molar-refractivity contribution in [3.8, 4) is 0 Å². The fourth-order valence-corrected chi connectivity index (χ4v) is 2.65. The van der Waals surface area contributed by atoms with Gasteiger partial charge in [-0.1, -0.05) is 55.4 Å². The highest BCUT2D eigenvalue weighted by Crippen LogP contribution is 2.40. The molecule has 1 heterocycles. The minimum absolute atomic E-state index is 0.390. The zero-order valence-corrected chi connectivity index (χ0v) is 15.3. The van der Waals surface area contributed by atoms with E-state index in [1.165, 1.54) is 45.7 Å². The third-order valence-corrected chi connectivity index (χ3v) is 5.25. The van der Waals surface area contributed by atoms with Crippen LogP contribution < -0.4 is 0 Å². The largest absolute Gasteiger partial charge is 0.301 e. The number of hydrogen-bond acceptors (Lipinski definition) is 2. The second kappa shape index (κ2) is 6.36. The molecule has 0 unspecified atom stereocenters. The minimum atomic E-state index is 0.390. The summed E-state index contributed by atoms with van der Waals surface area (Å²) in [6.07, 6.45) is 1.30. The van der Waals surface area contributed by atoms with Crippen molar-refractivity contribution in [1.82, 2.24) is 9.80 Å². The molecule has 0 atom stereocenters. The maximum atomic E-state index is 2.66. The first-order valence-electron chi connectivity index (χ1n) is 8.35. The molecule has 0 bridgehead atoms. The van der Waals surface area contributed by atoms with Crippen LogP contribution in [-0.4, -0.2) is 49.1 Å². The smallest absolute Gasteiger partial charge is 0.0110 e. The van der Waals surface area contributed by atoms with Gasteiger partial charge in [-0.25, -0.2) is 0 Å². The minimum Gasteiger partial charge on any atom is -0.301 e. The van der Waals surface area contributed by atoms with Crippen LogP contribution in [0.2, 0.25) is 0 Å². The van der Waals surface area contributed by atoms with Crippen LogP contribution in [0.5, 0.6) is 0 Å². The Morgan fingerprint density at radius 1 is 0.700 bits per heavy atom. The average Bonchev–Trinajstić information content (AvgIpc) is 2.24. The SMILES string of the molecule is CC(C)(C)CN1CCN(CCC(C)(C)C(C)(C)C)CC1. The molecule has 1 aliphatic heterocycles. The van der Waals surface area contributed by atoms with Crippen molar-refractivity contribution in [2.75, 3.05) is 39.3 Å². The number of rotatable bonds is 4. The lowest BCUT2D eigenvalue weighted by Crippen LogP contribution is -2.49. The molecule has 0 aromatic rings. The first kappa shape index (κ1) is 18.0. The highest BCUT2D eigenvalue weighted by atomic mass is 15.3. The summed E-state index contributed by atoms with van der Waals surface area (Å²) < 4.78 is 0. The third kappa shape index (κ3) is 5.73. The molecule has 120 valence electrons. The van der Waals surface area contributed by atoms with Gasteiger partial charge in [0, 0.05) is 32.7 Å². The second-order valence-electron chi connectivity index (χ2n) is 9.56. The molecule has 0 N–H and O–H groups in total. The van der Waals surface area contributed by atoms with Gasteiger partial charge in [0.25, 0.3) is 0 Å². The van der Waals surface area contributed by atoms with E-state index in [4.69, 9.17) is 0 Å². The van der Waals surface area contributed by atoms with E-state index in [0.29, 0.717) is 16.2 Å². The molecule has 1 rings (SSSR count). The van der Waals surface area contributed by atoms with Crippen molar-refractivity contribution in [1.29, 1.82) is 0 Å². The van der Waals surface area contributed by atoms with Gasteiger partial charge < -0.3 is 9.80 Å². The summed E-state index contributed by atoms with van der Waals surface area (Å²) in [4.78, 5) is 5.29. The molecule has 0 aliphatic carbocycles. The monoisotopic (exact) mass is 282 g/mol. The van der Waals surface area contributed by atoms with Crippen molar-refractivity contribution in [3.05, 3.63) is 0 Å². The first-order chi connectivity index (χ1) is 8.91. The van der Waals surface area contributed by atoms with Gasteiger partial charge in [-0.2, -0.15) is 0 Å². The number of nitrogens with zero attached hydrogens (tertiary/aromatic N) is 2. The molecule has 1 aliphatic rings. The van der Waals surface area contributed by atoms with E-state index in [0.717, 1.165) is 0 Å². The summed E-state index contributed by atoms with van der Waals surface area (Å²) in [5.74, 6) is 0. The van der Waals surface area contributed by atoms with E-state index < -0.39 is 0 Å². The molecule has 1 saturated heterocycles. The fraction of sp³-hybridized carbons (Fsp3) is 1.00. The Morgan fingerprint density at radius 3 is 1.55 bits per heavy atom. The van der Waals surface area contributed by atoms with Gasteiger partial charge in [-0.3, -0.25) is 0 Å². The van der Waals surface area contributed by atoms with Gasteiger partial charge in [-0.05, 0) is 29.2 Å². The Bertz CT molecular complexity index is 286. The van der Waals surface area contributed by atoms with Crippen molar-refractivity contribution >= 4 is 0 Å². The molecule has 0 spiro atoms. The zero-order chi connectivity index (χ0) is 15.6. The summed E-state index contributed by atoms with van der Waals surface area (Å²) in [7, 11) is 0. The van der Waals surface area contributed by atoms with E-state index in [9.17, 15) is 0 Å². The fourth-order valence-electron chi connectivity index (χ4n) is 2.65. The van der Waals surface area contributed by atoms with E-state index in [1.807, 2.05) is 0 Å². The molecule has 0 aromatic heterocycles. The van der Waals surface area contributed by atoms with Gasteiger partial charge >= 0.3 is 0 Å². The predicted octanol–water partition coefficient (Wildman–Crippen LogP) is 4.11. The van der Waals surface area contributed by atoms with Crippen LogP contribution in [0.1, 0.15) is 61.8 Å². The molecule has 0 saturated carbocycles. The molecule has 2 nitrogen and oxygen atoms in total.